The summed E-state index contributed by atoms with van der Waals surface area (Å²) in [4.78, 5) is 11.8. The van der Waals surface area contributed by atoms with Gasteiger partial charge in [-0.1, -0.05) is 35.9 Å². The van der Waals surface area contributed by atoms with Crippen LogP contribution in [-0.4, -0.2) is 20.1 Å². The third-order valence-electron chi connectivity index (χ3n) is 3.67. The Hall–Kier alpha value is -2.35. The number of esters is 1. The van der Waals surface area contributed by atoms with Gasteiger partial charge in [-0.3, -0.25) is 4.79 Å². The first-order chi connectivity index (χ1) is 12.1. The lowest BCUT2D eigenvalue weighted by Gasteiger charge is -2.12. The summed E-state index contributed by atoms with van der Waals surface area (Å²) in [5.41, 5.74) is -0.179. The molecule has 0 N–H and O–H groups in total. The van der Waals surface area contributed by atoms with Gasteiger partial charge < -0.3 is 4.74 Å². The molecular formula is C18H17F3O4S. The van der Waals surface area contributed by atoms with Crippen molar-refractivity contribution in [1.82, 2.24) is 0 Å². The number of benzene rings is 2. The van der Waals surface area contributed by atoms with Crippen molar-refractivity contribution in [3.63, 3.8) is 0 Å². The molecule has 2 rings (SSSR count). The van der Waals surface area contributed by atoms with Crippen molar-refractivity contribution in [1.29, 1.82) is 0 Å². The zero-order valence-electron chi connectivity index (χ0n) is 13.9. The van der Waals surface area contributed by atoms with Crippen LogP contribution in [0.5, 0.6) is 0 Å². The van der Waals surface area contributed by atoms with Crippen LogP contribution in [0.3, 0.4) is 0 Å². The van der Waals surface area contributed by atoms with Gasteiger partial charge in [0.1, 0.15) is 6.61 Å². The van der Waals surface area contributed by atoms with E-state index >= 15 is 0 Å². The van der Waals surface area contributed by atoms with Gasteiger partial charge in [-0.2, -0.15) is 13.2 Å². The molecule has 0 fully saturated rings. The van der Waals surface area contributed by atoms with Crippen LogP contribution in [0.4, 0.5) is 13.2 Å². The minimum absolute atomic E-state index is 0.0818. The molecule has 4 nitrogen and oxygen atoms in total. The zero-order valence-corrected chi connectivity index (χ0v) is 14.7. The predicted molar refractivity (Wildman–Crippen MR) is 89.1 cm³/mol. The van der Waals surface area contributed by atoms with Gasteiger partial charge in [0.15, 0.2) is 9.84 Å². The van der Waals surface area contributed by atoms with E-state index in [0.717, 1.165) is 11.6 Å². The van der Waals surface area contributed by atoms with Crippen LogP contribution in [0.2, 0.25) is 0 Å². The molecule has 140 valence electrons. The largest absolute Gasteiger partial charge is 0.461 e. The minimum Gasteiger partial charge on any atom is -0.461 e. The van der Waals surface area contributed by atoms with Gasteiger partial charge in [-0.15, -0.1) is 0 Å². The summed E-state index contributed by atoms with van der Waals surface area (Å²) in [5.74, 6) is -1.35. The highest BCUT2D eigenvalue weighted by atomic mass is 32.2. The van der Waals surface area contributed by atoms with Crippen LogP contribution >= 0.6 is 0 Å². The number of ether oxygens (including phenoxy) is 1. The fourth-order valence-corrected chi connectivity index (χ4v) is 3.46. The lowest BCUT2D eigenvalue weighted by Crippen LogP contribution is -2.15. The molecule has 0 aromatic heterocycles. The quantitative estimate of drug-likeness (QED) is 0.706. The molecule has 0 aliphatic carbocycles. The Labute approximate surface area is 149 Å². The van der Waals surface area contributed by atoms with Gasteiger partial charge in [-0.05, 0) is 25.1 Å². The van der Waals surface area contributed by atoms with Crippen molar-refractivity contribution < 1.29 is 31.1 Å². The third-order valence-corrected chi connectivity index (χ3v) is 5.40. The molecule has 0 spiro atoms. The number of sulfone groups is 1. The molecular weight excluding hydrogens is 369 g/mol. The van der Waals surface area contributed by atoms with Crippen molar-refractivity contribution in [2.75, 3.05) is 5.75 Å². The van der Waals surface area contributed by atoms with Crippen LogP contribution in [0.25, 0.3) is 0 Å². The van der Waals surface area contributed by atoms with E-state index in [9.17, 15) is 26.4 Å². The fourth-order valence-electron chi connectivity index (χ4n) is 2.23. The molecule has 0 radical (unpaired) electrons. The summed E-state index contributed by atoms with van der Waals surface area (Å²) in [6.07, 6.45) is -5.00. The lowest BCUT2D eigenvalue weighted by atomic mass is 10.1. The van der Waals surface area contributed by atoms with Crippen LogP contribution in [0.15, 0.2) is 53.4 Å². The molecule has 2 aromatic carbocycles. The highest BCUT2D eigenvalue weighted by molar-refractivity contribution is 7.91. The van der Waals surface area contributed by atoms with Crippen molar-refractivity contribution >= 4 is 15.8 Å². The first-order valence-corrected chi connectivity index (χ1v) is 9.35. The maximum absolute atomic E-state index is 12.9. The zero-order chi connectivity index (χ0) is 19.4. The maximum atomic E-state index is 12.9. The van der Waals surface area contributed by atoms with E-state index in [1.807, 2.05) is 6.92 Å². The monoisotopic (exact) mass is 386 g/mol. The molecule has 0 heterocycles. The molecule has 0 amide bonds. The molecule has 8 heteroatoms. The van der Waals surface area contributed by atoms with Crippen molar-refractivity contribution in [3.8, 4) is 0 Å². The van der Waals surface area contributed by atoms with Crippen molar-refractivity contribution in [2.45, 2.75) is 31.0 Å². The number of rotatable bonds is 6. The summed E-state index contributed by atoms with van der Waals surface area (Å²) in [6, 6.07) is 10.9. The van der Waals surface area contributed by atoms with Gasteiger partial charge >= 0.3 is 12.1 Å². The smallest absolute Gasteiger partial charge is 0.416 e. The normalized spacial score (nSPS) is 12.0. The average Bonchev–Trinajstić information content (AvgIpc) is 2.58. The Morgan fingerprint density at radius 3 is 2.27 bits per heavy atom. The van der Waals surface area contributed by atoms with E-state index in [0.29, 0.717) is 0 Å². The van der Waals surface area contributed by atoms with E-state index in [1.54, 1.807) is 12.1 Å². The van der Waals surface area contributed by atoms with E-state index < -0.39 is 46.3 Å². The third kappa shape index (κ3) is 5.32. The Balaban J connectivity index is 1.95. The van der Waals surface area contributed by atoms with Gasteiger partial charge in [0.2, 0.25) is 0 Å². The molecule has 0 saturated carbocycles. The molecule has 0 bridgehead atoms. The predicted octanol–water partition coefficient (Wildman–Crippen LogP) is 3.92. The lowest BCUT2D eigenvalue weighted by molar-refractivity contribution is -0.147. The molecule has 26 heavy (non-hydrogen) atoms. The second-order valence-electron chi connectivity index (χ2n) is 5.70. The number of hydrogen-bond donors (Lipinski definition) is 0. The molecule has 0 atom stereocenters. The van der Waals surface area contributed by atoms with Crippen molar-refractivity contribution in [2.24, 2.45) is 0 Å². The summed E-state index contributed by atoms with van der Waals surface area (Å²) >= 11 is 0. The number of carbonyl (C=O) groups is 1. The number of hydrogen-bond acceptors (Lipinski definition) is 4. The van der Waals surface area contributed by atoms with E-state index in [1.165, 1.54) is 30.3 Å². The second kappa shape index (κ2) is 7.90. The Bertz CT molecular complexity index is 872. The number of carbonyl (C=O) groups excluding carboxylic acids is 1. The highest BCUT2D eigenvalue weighted by Crippen LogP contribution is 2.32. The van der Waals surface area contributed by atoms with Crippen LogP contribution in [-0.2, 0) is 32.2 Å². The van der Waals surface area contributed by atoms with Gasteiger partial charge in [0.05, 0.1) is 22.6 Å². The number of alkyl halides is 3. The summed E-state index contributed by atoms with van der Waals surface area (Å²) in [7, 11) is -3.67. The van der Waals surface area contributed by atoms with Crippen LogP contribution < -0.4 is 0 Å². The summed E-state index contributed by atoms with van der Waals surface area (Å²) < 4.78 is 67.7. The first kappa shape index (κ1) is 20.0. The SMILES string of the molecule is Cc1ccc(S(=O)(=O)CCC(=O)OCc2ccccc2C(F)(F)F)cc1. The van der Waals surface area contributed by atoms with E-state index in [-0.39, 0.29) is 10.5 Å². The van der Waals surface area contributed by atoms with Crippen molar-refractivity contribution in [3.05, 3.63) is 65.2 Å². The average molecular weight is 386 g/mol. The first-order valence-electron chi connectivity index (χ1n) is 7.70. The fraction of sp³-hybridized carbons (Fsp3) is 0.278. The molecule has 2 aromatic rings. The standard InChI is InChI=1S/C18H17F3O4S/c1-13-6-8-15(9-7-13)26(23,24)11-10-17(22)25-12-14-4-2-3-5-16(14)18(19,20)21/h2-9H,10-12H2,1H3. The van der Waals surface area contributed by atoms with Gasteiger partial charge in [0.25, 0.3) is 0 Å². The topological polar surface area (TPSA) is 60.4 Å². The van der Waals surface area contributed by atoms with Gasteiger partial charge in [0, 0.05) is 5.56 Å². The Morgan fingerprint density at radius 2 is 1.65 bits per heavy atom. The number of halogens is 3. The van der Waals surface area contributed by atoms with Crippen LogP contribution in [0, 0.1) is 6.92 Å². The van der Waals surface area contributed by atoms with E-state index in [4.69, 9.17) is 4.74 Å². The molecule has 0 aliphatic heterocycles. The minimum atomic E-state index is -4.56. The van der Waals surface area contributed by atoms with Crippen LogP contribution in [0.1, 0.15) is 23.1 Å². The van der Waals surface area contributed by atoms with E-state index in [2.05, 4.69) is 0 Å². The summed E-state index contributed by atoms with van der Waals surface area (Å²) in [6.45, 7) is 1.24. The Morgan fingerprint density at radius 1 is 1.04 bits per heavy atom. The number of aryl methyl sites for hydroxylation is 1. The van der Waals surface area contributed by atoms with Gasteiger partial charge in [-0.25, -0.2) is 8.42 Å². The maximum Gasteiger partial charge on any atom is 0.416 e. The highest BCUT2D eigenvalue weighted by Gasteiger charge is 2.33. The molecule has 0 unspecified atom stereocenters. The Kier molecular flexibility index (Phi) is 6.07. The molecule has 0 saturated heterocycles. The molecule has 0 aliphatic rings. The summed E-state index contributed by atoms with van der Waals surface area (Å²) in [5, 5.41) is 0. The second-order valence-corrected chi connectivity index (χ2v) is 7.81.